The SMILES string of the molecule is CC(=O)N1CCC(COc2cncc(C(O)(c3ccc(C(C)C)cc3)C3(C)CN(C)C3)c2)CC1. The molecule has 0 bridgehead atoms. The van der Waals surface area contributed by atoms with Gasteiger partial charge in [0.2, 0.25) is 5.91 Å². The van der Waals surface area contributed by atoms with Crippen molar-refractivity contribution in [1.82, 2.24) is 14.8 Å². The summed E-state index contributed by atoms with van der Waals surface area (Å²) in [6, 6.07) is 10.3. The zero-order valence-electron chi connectivity index (χ0n) is 21.3. The fourth-order valence-corrected chi connectivity index (χ4v) is 5.67. The highest BCUT2D eigenvalue weighted by Crippen LogP contribution is 2.50. The number of hydrogen-bond acceptors (Lipinski definition) is 5. The van der Waals surface area contributed by atoms with Gasteiger partial charge in [0.1, 0.15) is 11.4 Å². The Morgan fingerprint density at radius 1 is 1.18 bits per heavy atom. The third-order valence-corrected chi connectivity index (χ3v) is 7.78. The van der Waals surface area contributed by atoms with E-state index >= 15 is 0 Å². The van der Waals surface area contributed by atoms with Crippen molar-refractivity contribution in [1.29, 1.82) is 0 Å². The van der Waals surface area contributed by atoms with Crippen LogP contribution in [0.5, 0.6) is 5.75 Å². The maximum absolute atomic E-state index is 12.3. The highest BCUT2D eigenvalue weighted by Gasteiger charge is 2.55. The van der Waals surface area contributed by atoms with Gasteiger partial charge in [0.25, 0.3) is 0 Å². The molecule has 0 aliphatic carbocycles. The van der Waals surface area contributed by atoms with Gasteiger partial charge < -0.3 is 19.6 Å². The molecule has 0 radical (unpaired) electrons. The summed E-state index contributed by atoms with van der Waals surface area (Å²) in [6.45, 7) is 11.9. The standard InChI is InChI=1S/C28H39N3O3/c1-20(2)23-6-8-24(9-7-23)28(33,27(4)18-30(5)19-27)25-14-26(16-29-15-25)34-17-22-10-12-31(13-11-22)21(3)32/h6-9,14-16,20,22,33H,10-13,17-19H2,1-5H3. The maximum atomic E-state index is 12.3. The molecule has 1 aromatic carbocycles. The fourth-order valence-electron chi connectivity index (χ4n) is 5.67. The van der Waals surface area contributed by atoms with Gasteiger partial charge in [-0.25, -0.2) is 0 Å². The van der Waals surface area contributed by atoms with E-state index in [4.69, 9.17) is 4.74 Å². The van der Waals surface area contributed by atoms with Crippen LogP contribution < -0.4 is 4.74 Å². The van der Waals surface area contributed by atoms with Crippen molar-refractivity contribution in [3.05, 3.63) is 59.4 Å². The molecule has 0 saturated carbocycles. The Bertz CT molecular complexity index is 992. The van der Waals surface area contributed by atoms with Gasteiger partial charge in [0, 0.05) is 50.3 Å². The number of benzene rings is 1. The number of hydrogen-bond donors (Lipinski definition) is 1. The number of carbonyl (C=O) groups is 1. The first-order valence-electron chi connectivity index (χ1n) is 12.5. The van der Waals surface area contributed by atoms with Gasteiger partial charge >= 0.3 is 0 Å². The lowest BCUT2D eigenvalue weighted by Crippen LogP contribution is -2.63. The number of pyridine rings is 1. The van der Waals surface area contributed by atoms with E-state index in [2.05, 4.69) is 62.0 Å². The summed E-state index contributed by atoms with van der Waals surface area (Å²) >= 11 is 0. The summed E-state index contributed by atoms with van der Waals surface area (Å²) in [5.74, 6) is 1.68. The summed E-state index contributed by atoms with van der Waals surface area (Å²) in [6.07, 6.45) is 5.40. The summed E-state index contributed by atoms with van der Waals surface area (Å²) < 4.78 is 6.16. The van der Waals surface area contributed by atoms with E-state index in [1.807, 2.05) is 11.0 Å². The Hall–Kier alpha value is -2.44. The Morgan fingerprint density at radius 3 is 2.38 bits per heavy atom. The Balaban J connectivity index is 1.56. The first-order valence-corrected chi connectivity index (χ1v) is 12.5. The monoisotopic (exact) mass is 465 g/mol. The molecule has 6 nitrogen and oxygen atoms in total. The van der Waals surface area contributed by atoms with Gasteiger partial charge in [-0.3, -0.25) is 9.78 Å². The second-order valence-electron chi connectivity index (χ2n) is 10.9. The van der Waals surface area contributed by atoms with Gasteiger partial charge in [-0.05, 0) is 48.9 Å². The smallest absolute Gasteiger partial charge is 0.219 e. The van der Waals surface area contributed by atoms with E-state index < -0.39 is 5.60 Å². The summed E-state index contributed by atoms with van der Waals surface area (Å²) in [4.78, 5) is 20.2. The number of carbonyl (C=O) groups excluding carboxylic acids is 1. The van der Waals surface area contributed by atoms with Crippen LogP contribution in [0.15, 0.2) is 42.7 Å². The lowest BCUT2D eigenvalue weighted by Gasteiger charge is -2.55. The number of piperidine rings is 1. The number of ether oxygens (including phenoxy) is 1. The molecule has 1 unspecified atom stereocenters. The topological polar surface area (TPSA) is 65.9 Å². The highest BCUT2D eigenvalue weighted by molar-refractivity contribution is 5.73. The van der Waals surface area contributed by atoms with Crippen LogP contribution in [-0.2, 0) is 10.4 Å². The average Bonchev–Trinajstić information content (AvgIpc) is 2.81. The molecule has 34 heavy (non-hydrogen) atoms. The minimum absolute atomic E-state index is 0.145. The van der Waals surface area contributed by atoms with Crippen molar-refractivity contribution in [2.75, 3.05) is 39.8 Å². The van der Waals surface area contributed by atoms with Crippen LogP contribution in [0.2, 0.25) is 0 Å². The average molecular weight is 466 g/mol. The molecule has 2 fully saturated rings. The van der Waals surface area contributed by atoms with Crippen LogP contribution in [0.1, 0.15) is 63.1 Å². The zero-order valence-corrected chi connectivity index (χ0v) is 21.3. The zero-order chi connectivity index (χ0) is 24.5. The molecule has 0 spiro atoms. The number of likely N-dealkylation sites (tertiary alicyclic amines) is 2. The van der Waals surface area contributed by atoms with Crippen LogP contribution in [0.3, 0.4) is 0 Å². The van der Waals surface area contributed by atoms with E-state index in [0.717, 1.165) is 50.1 Å². The number of aromatic nitrogens is 1. The molecule has 1 amide bonds. The van der Waals surface area contributed by atoms with Crippen molar-refractivity contribution >= 4 is 5.91 Å². The third kappa shape index (κ3) is 4.71. The Labute approximate surface area is 203 Å². The van der Waals surface area contributed by atoms with Gasteiger partial charge in [-0.1, -0.05) is 45.0 Å². The summed E-state index contributed by atoms with van der Waals surface area (Å²) in [7, 11) is 2.08. The lowest BCUT2D eigenvalue weighted by atomic mass is 9.62. The molecule has 2 aromatic rings. The molecule has 6 heteroatoms. The van der Waals surface area contributed by atoms with Crippen molar-refractivity contribution in [3.8, 4) is 5.75 Å². The molecule has 2 aliphatic rings. The minimum Gasteiger partial charge on any atom is -0.492 e. The summed E-state index contributed by atoms with van der Waals surface area (Å²) in [5, 5.41) is 12.3. The molecule has 2 aliphatic heterocycles. The second-order valence-corrected chi connectivity index (χ2v) is 10.9. The van der Waals surface area contributed by atoms with Crippen LogP contribution in [-0.4, -0.2) is 65.6 Å². The minimum atomic E-state index is -1.17. The van der Waals surface area contributed by atoms with Crippen LogP contribution >= 0.6 is 0 Å². The quantitative estimate of drug-likeness (QED) is 0.669. The largest absolute Gasteiger partial charge is 0.492 e. The molecule has 3 heterocycles. The molecule has 4 rings (SSSR count). The molecule has 1 atom stereocenters. The predicted molar refractivity (Wildman–Crippen MR) is 134 cm³/mol. The highest BCUT2D eigenvalue weighted by atomic mass is 16.5. The van der Waals surface area contributed by atoms with E-state index in [9.17, 15) is 9.90 Å². The Morgan fingerprint density at radius 2 is 1.82 bits per heavy atom. The number of amides is 1. The predicted octanol–water partition coefficient (Wildman–Crippen LogP) is 4.03. The maximum Gasteiger partial charge on any atom is 0.219 e. The van der Waals surface area contributed by atoms with Crippen molar-refractivity contribution < 1.29 is 14.6 Å². The number of aliphatic hydroxyl groups is 1. The molecule has 2 saturated heterocycles. The number of nitrogens with zero attached hydrogens (tertiary/aromatic N) is 3. The van der Waals surface area contributed by atoms with Gasteiger partial charge in [0.05, 0.1) is 12.8 Å². The molecule has 184 valence electrons. The second kappa shape index (κ2) is 9.67. The Kier molecular flexibility index (Phi) is 7.02. The van der Waals surface area contributed by atoms with E-state index in [0.29, 0.717) is 24.2 Å². The van der Waals surface area contributed by atoms with Crippen molar-refractivity contribution in [2.24, 2.45) is 11.3 Å². The number of rotatable bonds is 7. The van der Waals surface area contributed by atoms with Gasteiger partial charge in [0.15, 0.2) is 0 Å². The van der Waals surface area contributed by atoms with E-state index in [-0.39, 0.29) is 11.3 Å². The molecule has 1 N–H and O–H groups in total. The van der Waals surface area contributed by atoms with Crippen LogP contribution in [0.25, 0.3) is 0 Å². The normalized spacial score (nSPS) is 20.6. The fraction of sp³-hybridized carbons (Fsp3) is 0.571. The van der Waals surface area contributed by atoms with Crippen LogP contribution in [0, 0.1) is 11.3 Å². The third-order valence-electron chi connectivity index (χ3n) is 7.78. The first-order chi connectivity index (χ1) is 16.1. The summed E-state index contributed by atoms with van der Waals surface area (Å²) in [5.41, 5.74) is 1.41. The molecular formula is C28H39N3O3. The van der Waals surface area contributed by atoms with Gasteiger partial charge in [-0.2, -0.15) is 0 Å². The molecular weight excluding hydrogens is 426 g/mol. The molecule has 1 aromatic heterocycles. The van der Waals surface area contributed by atoms with E-state index in [1.54, 1.807) is 19.3 Å². The van der Waals surface area contributed by atoms with Crippen LogP contribution in [0.4, 0.5) is 0 Å². The van der Waals surface area contributed by atoms with Crippen molar-refractivity contribution in [3.63, 3.8) is 0 Å². The van der Waals surface area contributed by atoms with Crippen molar-refractivity contribution in [2.45, 2.75) is 52.1 Å². The van der Waals surface area contributed by atoms with E-state index in [1.165, 1.54) is 5.56 Å². The lowest BCUT2D eigenvalue weighted by molar-refractivity contribution is -0.130. The first kappa shape index (κ1) is 24.7. The van der Waals surface area contributed by atoms with Gasteiger partial charge in [-0.15, -0.1) is 0 Å².